The molecule has 0 aromatic rings. The molecule has 6 amide bonds. The van der Waals surface area contributed by atoms with Crippen LogP contribution in [0.3, 0.4) is 0 Å². The number of carbonyl (C=O) groups is 4. The van der Waals surface area contributed by atoms with Crippen LogP contribution in [-0.2, 0) is 9.59 Å². The van der Waals surface area contributed by atoms with Gasteiger partial charge in [-0.05, 0) is 31.6 Å². The highest BCUT2D eigenvalue weighted by Crippen LogP contribution is 2.28. The average molecular weight is 405 g/mol. The summed E-state index contributed by atoms with van der Waals surface area (Å²) in [6.07, 6.45) is 3.62. The van der Waals surface area contributed by atoms with Gasteiger partial charge in [-0.1, -0.05) is 35.4 Å². The van der Waals surface area contributed by atoms with Crippen molar-refractivity contribution in [3.05, 3.63) is 0 Å². The summed E-state index contributed by atoms with van der Waals surface area (Å²) in [6.45, 7) is 5.18. The van der Waals surface area contributed by atoms with E-state index in [2.05, 4.69) is 35.1 Å². The maximum atomic E-state index is 11.6. The maximum absolute atomic E-state index is 11.6. The van der Waals surface area contributed by atoms with Gasteiger partial charge in [0.25, 0.3) is 0 Å². The first-order chi connectivity index (χ1) is 12.4. The van der Waals surface area contributed by atoms with Gasteiger partial charge in [0.05, 0.1) is 5.75 Å². The van der Waals surface area contributed by atoms with Crippen LogP contribution < -0.4 is 21.3 Å². The van der Waals surface area contributed by atoms with E-state index in [0.29, 0.717) is 24.8 Å². The van der Waals surface area contributed by atoms with Gasteiger partial charge in [-0.2, -0.15) is 0 Å². The first-order valence-corrected chi connectivity index (χ1v) is 11.3. The Balaban J connectivity index is 1.93. The minimum atomic E-state index is -0.487. The lowest BCUT2D eigenvalue weighted by atomic mass is 10.1. The van der Waals surface area contributed by atoms with Crippen molar-refractivity contribution in [3.63, 3.8) is 0 Å². The Kier molecular flexibility index (Phi) is 11.2. The van der Waals surface area contributed by atoms with E-state index in [1.54, 1.807) is 0 Å². The zero-order chi connectivity index (χ0) is 19.4. The Morgan fingerprint density at radius 1 is 0.962 bits per heavy atom. The van der Waals surface area contributed by atoms with Crippen LogP contribution in [0, 0.1) is 11.8 Å². The van der Waals surface area contributed by atoms with E-state index in [4.69, 9.17) is 0 Å². The second-order valence-electron chi connectivity index (χ2n) is 6.44. The Morgan fingerprint density at radius 2 is 1.62 bits per heavy atom. The van der Waals surface area contributed by atoms with Crippen LogP contribution in [0.5, 0.6) is 0 Å². The summed E-state index contributed by atoms with van der Waals surface area (Å²) in [5.74, 6) is 0.750. The van der Waals surface area contributed by atoms with Crippen LogP contribution >= 0.6 is 21.6 Å². The number of hydrogen-bond acceptors (Lipinski definition) is 6. The van der Waals surface area contributed by atoms with Crippen LogP contribution in [0.1, 0.15) is 39.5 Å². The van der Waals surface area contributed by atoms with Gasteiger partial charge in [-0.25, -0.2) is 9.59 Å². The normalized spacial score (nSPS) is 13.2. The molecule has 0 radical (unpaired) electrons. The summed E-state index contributed by atoms with van der Waals surface area (Å²) in [6, 6.07) is -0.956. The van der Waals surface area contributed by atoms with Gasteiger partial charge >= 0.3 is 12.1 Å². The van der Waals surface area contributed by atoms with Gasteiger partial charge in [0, 0.05) is 24.8 Å². The summed E-state index contributed by atoms with van der Waals surface area (Å²) in [5, 5.41) is 9.80. The van der Waals surface area contributed by atoms with E-state index in [-0.39, 0.29) is 23.5 Å². The van der Waals surface area contributed by atoms with Gasteiger partial charge in [-0.15, -0.1) is 0 Å². The minimum Gasteiger partial charge on any atom is -0.338 e. The fourth-order valence-electron chi connectivity index (χ4n) is 1.88. The molecule has 0 heterocycles. The first kappa shape index (κ1) is 22.6. The zero-order valence-electron chi connectivity index (χ0n) is 15.3. The van der Waals surface area contributed by atoms with Gasteiger partial charge < -0.3 is 10.6 Å². The van der Waals surface area contributed by atoms with Crippen LogP contribution in [0.4, 0.5) is 9.59 Å². The number of urea groups is 2. The molecule has 0 atom stereocenters. The van der Waals surface area contributed by atoms with Crippen LogP contribution in [0.2, 0.25) is 0 Å². The monoisotopic (exact) mass is 404 g/mol. The summed E-state index contributed by atoms with van der Waals surface area (Å²) in [5.41, 5.74) is 0. The molecule has 0 aliphatic heterocycles. The van der Waals surface area contributed by atoms with Crippen molar-refractivity contribution in [2.75, 3.05) is 24.6 Å². The fraction of sp³-hybridized carbons (Fsp3) is 0.750. The van der Waals surface area contributed by atoms with Crippen LogP contribution in [0.15, 0.2) is 0 Å². The van der Waals surface area contributed by atoms with Crippen molar-refractivity contribution in [2.24, 2.45) is 11.8 Å². The average Bonchev–Trinajstić information content (AvgIpc) is 3.39. The van der Waals surface area contributed by atoms with E-state index in [1.807, 2.05) is 0 Å². The second kappa shape index (κ2) is 12.9. The number of nitrogens with one attached hydrogen (secondary N) is 4. The Bertz CT molecular complexity index is 499. The summed E-state index contributed by atoms with van der Waals surface area (Å²) < 4.78 is 0. The van der Waals surface area contributed by atoms with E-state index in [9.17, 15) is 19.2 Å². The van der Waals surface area contributed by atoms with Gasteiger partial charge in [-0.3, -0.25) is 20.2 Å². The van der Waals surface area contributed by atoms with Crippen molar-refractivity contribution in [3.8, 4) is 0 Å². The molecule has 0 spiro atoms. The van der Waals surface area contributed by atoms with Gasteiger partial charge in [0.1, 0.15) is 0 Å². The molecule has 10 heteroatoms. The topological polar surface area (TPSA) is 116 Å². The van der Waals surface area contributed by atoms with Gasteiger partial charge in [0.2, 0.25) is 11.8 Å². The number of hydrogen-bond donors (Lipinski definition) is 4. The van der Waals surface area contributed by atoms with Crippen LogP contribution in [-0.4, -0.2) is 48.5 Å². The van der Waals surface area contributed by atoms with Crippen molar-refractivity contribution < 1.29 is 19.2 Å². The molecule has 1 aliphatic carbocycles. The predicted molar refractivity (Wildman–Crippen MR) is 105 cm³/mol. The predicted octanol–water partition coefficient (Wildman–Crippen LogP) is 1.87. The Hall–Kier alpha value is -1.42. The Labute approximate surface area is 162 Å². The standard InChI is InChI=1S/C16H28N4O4S2/c1-11(2)4-3-7-17-15(23)19-13(21)10-26-25-9-8-18-16(24)20-14(22)12-5-6-12/h11-12H,3-10H2,1-2H3,(H2,17,19,21,23)(H2,18,20,22,24). The van der Waals surface area contributed by atoms with E-state index >= 15 is 0 Å². The fourth-order valence-corrected chi connectivity index (χ4v) is 3.62. The molecule has 0 saturated heterocycles. The molecule has 0 bridgehead atoms. The Morgan fingerprint density at radius 3 is 2.27 bits per heavy atom. The van der Waals surface area contributed by atoms with E-state index < -0.39 is 12.1 Å². The lowest BCUT2D eigenvalue weighted by Gasteiger charge is -2.08. The largest absolute Gasteiger partial charge is 0.338 e. The maximum Gasteiger partial charge on any atom is 0.321 e. The summed E-state index contributed by atoms with van der Waals surface area (Å²) in [7, 11) is 2.71. The van der Waals surface area contributed by atoms with Crippen LogP contribution in [0.25, 0.3) is 0 Å². The van der Waals surface area contributed by atoms with Crippen molar-refractivity contribution in [1.29, 1.82) is 0 Å². The minimum absolute atomic E-state index is 0.00315. The molecule has 8 nitrogen and oxygen atoms in total. The lowest BCUT2D eigenvalue weighted by molar-refractivity contribution is -0.121. The van der Waals surface area contributed by atoms with Gasteiger partial charge in [0.15, 0.2) is 0 Å². The van der Waals surface area contributed by atoms with Crippen molar-refractivity contribution >= 4 is 45.5 Å². The zero-order valence-corrected chi connectivity index (χ0v) is 16.9. The number of rotatable bonds is 11. The highest BCUT2D eigenvalue weighted by Gasteiger charge is 2.30. The molecule has 26 heavy (non-hydrogen) atoms. The molecule has 0 unspecified atom stereocenters. The molecular formula is C16H28N4O4S2. The van der Waals surface area contributed by atoms with Crippen molar-refractivity contribution in [1.82, 2.24) is 21.3 Å². The molecule has 0 aromatic carbocycles. The highest BCUT2D eigenvalue weighted by molar-refractivity contribution is 8.76. The number of amides is 6. The second-order valence-corrected chi connectivity index (χ2v) is 9.03. The molecule has 1 saturated carbocycles. The number of imide groups is 2. The molecule has 4 N–H and O–H groups in total. The smallest absolute Gasteiger partial charge is 0.321 e. The third kappa shape index (κ3) is 12.0. The third-order valence-corrected chi connectivity index (χ3v) is 5.70. The van der Waals surface area contributed by atoms with E-state index in [0.717, 1.165) is 25.7 Å². The molecule has 1 rings (SSSR count). The lowest BCUT2D eigenvalue weighted by Crippen LogP contribution is -2.41. The molecular weight excluding hydrogens is 376 g/mol. The quantitative estimate of drug-likeness (QED) is 0.309. The molecule has 148 valence electrons. The third-order valence-electron chi connectivity index (χ3n) is 3.43. The summed E-state index contributed by atoms with van der Waals surface area (Å²) >= 11 is 0. The molecule has 1 aliphatic rings. The summed E-state index contributed by atoms with van der Waals surface area (Å²) in [4.78, 5) is 45.9. The number of carbonyl (C=O) groups excluding carboxylic acids is 4. The first-order valence-electron chi connectivity index (χ1n) is 8.79. The molecule has 0 aromatic heterocycles. The van der Waals surface area contributed by atoms with E-state index in [1.165, 1.54) is 21.6 Å². The molecule has 1 fully saturated rings. The highest BCUT2D eigenvalue weighted by atomic mass is 33.1. The van der Waals surface area contributed by atoms with Crippen molar-refractivity contribution in [2.45, 2.75) is 39.5 Å². The SMILES string of the molecule is CC(C)CCCNC(=O)NC(=O)CSSCCNC(=O)NC(=O)C1CC1.